The summed E-state index contributed by atoms with van der Waals surface area (Å²) in [4.78, 5) is 17.8. The fraction of sp³-hybridized carbons (Fsp3) is 0.323. The molecular weight excluding hydrogens is 612 g/mol. The van der Waals surface area contributed by atoms with Crippen molar-refractivity contribution < 1.29 is 44.7 Å². The van der Waals surface area contributed by atoms with Crippen LogP contribution in [0.1, 0.15) is 60.4 Å². The molecule has 4 aromatic rings. The van der Waals surface area contributed by atoms with Crippen LogP contribution in [0.4, 0.5) is 35.1 Å². The molecule has 0 spiro atoms. The van der Waals surface area contributed by atoms with Crippen molar-refractivity contribution in [3.63, 3.8) is 0 Å². The molecule has 1 N–H and O–H groups in total. The van der Waals surface area contributed by atoms with E-state index in [-0.39, 0.29) is 29.0 Å². The van der Waals surface area contributed by atoms with Gasteiger partial charge in [-0.25, -0.2) is 17.6 Å². The molecule has 238 valence electrons. The Balaban J connectivity index is 1.51. The number of nitrogens with one attached hydrogen (secondary N) is 1. The molecule has 5 rings (SSSR count). The minimum atomic E-state index is -3.54. The van der Waals surface area contributed by atoms with Crippen molar-refractivity contribution in [3.05, 3.63) is 101 Å². The summed E-state index contributed by atoms with van der Waals surface area (Å²) in [5, 5.41) is 6.31. The van der Waals surface area contributed by atoms with Gasteiger partial charge in [0.25, 0.3) is 12.3 Å². The zero-order valence-corrected chi connectivity index (χ0v) is 23.8. The van der Waals surface area contributed by atoms with E-state index in [1.807, 2.05) is 0 Å². The fourth-order valence-electron chi connectivity index (χ4n) is 5.66. The summed E-state index contributed by atoms with van der Waals surface area (Å²) in [6, 6.07) is 10.3. The van der Waals surface area contributed by atoms with Crippen LogP contribution < -0.4 is 10.1 Å². The van der Waals surface area contributed by atoms with Gasteiger partial charge in [-0.05, 0) is 53.8 Å². The zero-order chi connectivity index (χ0) is 32.6. The summed E-state index contributed by atoms with van der Waals surface area (Å²) < 4.78 is 117. The molecule has 0 aliphatic heterocycles. The highest BCUT2D eigenvalue weighted by atomic mass is 19.3. The lowest BCUT2D eigenvalue weighted by molar-refractivity contribution is -0.123. The van der Waals surface area contributed by atoms with Gasteiger partial charge >= 0.3 is 6.61 Å². The van der Waals surface area contributed by atoms with E-state index in [2.05, 4.69) is 20.1 Å². The molecule has 1 aliphatic carbocycles. The third-order valence-corrected chi connectivity index (χ3v) is 7.87. The van der Waals surface area contributed by atoms with Gasteiger partial charge < -0.3 is 10.1 Å². The molecule has 0 radical (unpaired) electrons. The molecule has 2 aromatic heterocycles. The Hall–Kier alpha value is -4.49. The van der Waals surface area contributed by atoms with Gasteiger partial charge in [-0.1, -0.05) is 32.0 Å². The second kappa shape index (κ2) is 12.5. The van der Waals surface area contributed by atoms with Crippen molar-refractivity contribution in [2.75, 3.05) is 0 Å². The molecular formula is C31H26F8N4O2. The van der Waals surface area contributed by atoms with Crippen molar-refractivity contribution in [2.45, 2.75) is 57.7 Å². The predicted octanol–water partition coefficient (Wildman–Crippen LogP) is 7.71. The Morgan fingerprint density at radius 2 is 1.67 bits per heavy atom. The van der Waals surface area contributed by atoms with Gasteiger partial charge in [0.05, 0.1) is 11.7 Å². The first-order chi connectivity index (χ1) is 21.3. The number of pyridine rings is 1. The number of rotatable bonds is 10. The lowest BCUT2D eigenvalue weighted by Gasteiger charge is -2.23. The Labute approximate surface area is 252 Å². The Kier molecular flexibility index (Phi) is 8.86. The van der Waals surface area contributed by atoms with Crippen LogP contribution in [0.15, 0.2) is 60.8 Å². The number of amides is 1. The summed E-state index contributed by atoms with van der Waals surface area (Å²) in [5.74, 6) is -8.60. The zero-order valence-electron chi connectivity index (χ0n) is 23.8. The van der Waals surface area contributed by atoms with Gasteiger partial charge in [0, 0.05) is 29.3 Å². The quantitative estimate of drug-likeness (QED) is 0.181. The number of fused-ring (bicyclic) bond motifs is 1. The van der Waals surface area contributed by atoms with E-state index >= 15 is 8.78 Å². The van der Waals surface area contributed by atoms with Gasteiger partial charge in [-0.3, -0.25) is 14.5 Å². The maximum atomic E-state index is 15.2. The fourth-order valence-corrected chi connectivity index (χ4v) is 5.66. The van der Waals surface area contributed by atoms with E-state index in [0.29, 0.717) is 21.9 Å². The lowest BCUT2D eigenvalue weighted by atomic mass is 9.94. The van der Waals surface area contributed by atoms with Crippen molar-refractivity contribution in [2.24, 2.45) is 5.92 Å². The van der Waals surface area contributed by atoms with Crippen LogP contribution in [0.3, 0.4) is 0 Å². The summed E-state index contributed by atoms with van der Waals surface area (Å²) >= 11 is 0. The highest BCUT2D eigenvalue weighted by molar-refractivity contribution is 5.77. The highest BCUT2D eigenvalue weighted by Gasteiger charge is 2.55. The first kappa shape index (κ1) is 31.9. The highest BCUT2D eigenvalue weighted by Crippen LogP contribution is 2.54. The van der Waals surface area contributed by atoms with Crippen molar-refractivity contribution in [3.8, 4) is 16.9 Å². The van der Waals surface area contributed by atoms with Crippen LogP contribution in [-0.4, -0.2) is 27.3 Å². The third-order valence-electron chi connectivity index (χ3n) is 7.87. The Morgan fingerprint density at radius 3 is 2.29 bits per heavy atom. The lowest BCUT2D eigenvalue weighted by Crippen LogP contribution is -2.35. The number of nitrogens with zero attached hydrogens (tertiary/aromatic N) is 3. The molecule has 2 heterocycles. The number of halogens is 8. The van der Waals surface area contributed by atoms with E-state index in [1.54, 1.807) is 12.1 Å². The molecule has 14 heteroatoms. The van der Waals surface area contributed by atoms with E-state index in [4.69, 9.17) is 0 Å². The number of ether oxygens (including phenoxy) is 1. The van der Waals surface area contributed by atoms with Gasteiger partial charge in [0.15, 0.2) is 0 Å². The van der Waals surface area contributed by atoms with Crippen molar-refractivity contribution in [1.82, 2.24) is 20.1 Å². The first-order valence-electron chi connectivity index (χ1n) is 13.8. The smallest absolute Gasteiger partial charge is 0.387 e. The summed E-state index contributed by atoms with van der Waals surface area (Å²) in [5.41, 5.74) is -0.730. The van der Waals surface area contributed by atoms with E-state index in [1.165, 1.54) is 44.3 Å². The summed E-state index contributed by atoms with van der Waals surface area (Å²) in [6.45, 7) is -1.28. The van der Waals surface area contributed by atoms with Crippen LogP contribution in [0.25, 0.3) is 11.1 Å². The number of hydrogen-bond acceptors (Lipinski definition) is 4. The summed E-state index contributed by atoms with van der Waals surface area (Å²) in [6.07, 6.45) is -1.99. The maximum Gasteiger partial charge on any atom is 0.387 e. The number of carbonyl (C=O) groups excluding carboxylic acids is 1. The molecule has 1 amide bonds. The average Bonchev–Trinajstić information content (AvgIpc) is 3.43. The average molecular weight is 639 g/mol. The molecule has 2 aromatic carbocycles. The van der Waals surface area contributed by atoms with E-state index in [9.17, 15) is 31.1 Å². The SMILES string of the molecule is CC1c2c(C(F)F)nn(CC(=O)NC(Cc3cc(F)cc(F)c3)c3ncccc3-c3ccc(OC(F)F)cc3)c2C(F)(F)C1C. The molecule has 45 heavy (non-hydrogen) atoms. The van der Waals surface area contributed by atoms with Gasteiger partial charge in [0.1, 0.15) is 35.3 Å². The van der Waals surface area contributed by atoms with E-state index in [0.717, 1.165) is 12.1 Å². The van der Waals surface area contributed by atoms with Crippen LogP contribution in [-0.2, 0) is 23.7 Å². The second-order valence-corrected chi connectivity index (χ2v) is 10.7. The maximum absolute atomic E-state index is 15.2. The monoisotopic (exact) mass is 638 g/mol. The van der Waals surface area contributed by atoms with E-state index < -0.39 is 72.3 Å². The minimum absolute atomic E-state index is 0.115. The van der Waals surface area contributed by atoms with Crippen LogP contribution in [0.5, 0.6) is 5.75 Å². The molecule has 0 fully saturated rings. The third kappa shape index (κ3) is 6.50. The van der Waals surface area contributed by atoms with Gasteiger partial charge in [-0.2, -0.15) is 22.7 Å². The number of benzene rings is 2. The van der Waals surface area contributed by atoms with Crippen LogP contribution >= 0.6 is 0 Å². The summed E-state index contributed by atoms with van der Waals surface area (Å²) in [7, 11) is 0. The van der Waals surface area contributed by atoms with Crippen LogP contribution in [0, 0.1) is 17.6 Å². The number of hydrogen-bond donors (Lipinski definition) is 1. The standard InChI is InChI=1S/C31H26F8N4O2/c1-15-16(2)31(38,39)28-25(15)27(29(34)35)42-43(28)14-24(44)41-23(12-17-10-19(32)13-20(33)11-17)26-22(4-3-9-40-26)18-5-7-21(8-6-18)45-30(36)37/h3-11,13,15-16,23,29-30H,12,14H2,1-2H3,(H,41,44). The molecule has 0 bridgehead atoms. The number of carbonyl (C=O) groups is 1. The van der Waals surface area contributed by atoms with Gasteiger partial charge in [-0.15, -0.1) is 0 Å². The number of alkyl halides is 6. The molecule has 1 aliphatic rings. The molecule has 6 nitrogen and oxygen atoms in total. The Morgan fingerprint density at radius 1 is 1.00 bits per heavy atom. The second-order valence-electron chi connectivity index (χ2n) is 10.7. The topological polar surface area (TPSA) is 69.0 Å². The molecule has 0 saturated heterocycles. The van der Waals surface area contributed by atoms with Crippen molar-refractivity contribution in [1.29, 1.82) is 0 Å². The largest absolute Gasteiger partial charge is 0.435 e. The molecule has 3 atom stereocenters. The number of aromatic nitrogens is 3. The van der Waals surface area contributed by atoms with Crippen LogP contribution in [0.2, 0.25) is 0 Å². The van der Waals surface area contributed by atoms with Crippen molar-refractivity contribution >= 4 is 5.91 Å². The normalized spacial score (nSPS) is 17.9. The molecule has 3 unspecified atom stereocenters. The first-order valence-corrected chi connectivity index (χ1v) is 13.8. The molecule has 0 saturated carbocycles. The van der Waals surface area contributed by atoms with Gasteiger partial charge in [0.2, 0.25) is 5.91 Å². The predicted molar refractivity (Wildman–Crippen MR) is 146 cm³/mol. The minimum Gasteiger partial charge on any atom is -0.435 e. The Bertz CT molecular complexity index is 1670.